The molecule has 1 aromatic rings. The van der Waals surface area contributed by atoms with Gasteiger partial charge >= 0.3 is 0 Å². The van der Waals surface area contributed by atoms with E-state index in [0.717, 1.165) is 10.8 Å². The Balaban J connectivity index is 2.61. The summed E-state index contributed by atoms with van der Waals surface area (Å²) in [6, 6.07) is 0.306. The van der Waals surface area contributed by atoms with Crippen molar-refractivity contribution in [1.29, 1.82) is 0 Å². The summed E-state index contributed by atoms with van der Waals surface area (Å²) in [5.41, 5.74) is 0.964. The summed E-state index contributed by atoms with van der Waals surface area (Å²) in [5.74, 6) is 0.526. The van der Waals surface area contributed by atoms with Crippen molar-refractivity contribution < 1.29 is 9.53 Å². The minimum atomic E-state index is 0.0285. The van der Waals surface area contributed by atoms with Crippen molar-refractivity contribution in [1.82, 2.24) is 10.3 Å². The maximum Gasteiger partial charge on any atom is 0.225 e. The summed E-state index contributed by atoms with van der Waals surface area (Å²) in [7, 11) is 1.71. The monoisotopic (exact) mass is 299 g/mol. The van der Waals surface area contributed by atoms with Gasteiger partial charge in [-0.15, -0.1) is 11.3 Å². The van der Waals surface area contributed by atoms with Crippen LogP contribution in [-0.4, -0.2) is 37.2 Å². The van der Waals surface area contributed by atoms with Gasteiger partial charge < -0.3 is 10.1 Å². The number of nitrogens with one attached hydrogen (secondary N) is 1. The zero-order chi connectivity index (χ0) is 15.1. The van der Waals surface area contributed by atoms with Crippen LogP contribution in [0.15, 0.2) is 5.38 Å². The Hall–Kier alpha value is -0.980. The molecule has 1 amide bonds. The number of hydrogen-bond donors (Lipinski definition) is 1. The summed E-state index contributed by atoms with van der Waals surface area (Å²) in [4.78, 5) is 17.7. The molecule has 20 heavy (non-hydrogen) atoms. The second-order valence-corrected chi connectivity index (χ2v) is 5.91. The highest BCUT2D eigenvalue weighted by molar-refractivity contribution is 7.14. The Morgan fingerprint density at radius 2 is 2.25 bits per heavy atom. The number of rotatable bonds is 8. The third kappa shape index (κ3) is 4.85. The summed E-state index contributed by atoms with van der Waals surface area (Å²) in [6.07, 6.45) is 0. The molecule has 0 radical (unpaired) electrons. The largest absolute Gasteiger partial charge is 0.383 e. The van der Waals surface area contributed by atoms with Gasteiger partial charge in [-0.1, -0.05) is 13.8 Å². The number of aromatic nitrogens is 1. The van der Waals surface area contributed by atoms with E-state index in [1.165, 1.54) is 11.3 Å². The summed E-state index contributed by atoms with van der Waals surface area (Å²) in [6.45, 7) is 9.87. The van der Waals surface area contributed by atoms with Gasteiger partial charge in [-0.25, -0.2) is 4.98 Å². The van der Waals surface area contributed by atoms with Crippen LogP contribution in [0.4, 0.5) is 5.13 Å². The highest BCUT2D eigenvalue weighted by Gasteiger charge is 2.15. The Bertz CT molecular complexity index is 420. The average Bonchev–Trinajstić information content (AvgIpc) is 2.83. The fourth-order valence-electron chi connectivity index (χ4n) is 1.90. The molecule has 0 aliphatic heterocycles. The molecule has 0 bridgehead atoms. The van der Waals surface area contributed by atoms with Crippen LogP contribution < -0.4 is 10.2 Å². The Labute approximate surface area is 125 Å². The number of hydrogen-bond acceptors (Lipinski definition) is 5. The zero-order valence-electron chi connectivity index (χ0n) is 13.0. The predicted molar refractivity (Wildman–Crippen MR) is 83.2 cm³/mol. The first-order valence-corrected chi connectivity index (χ1v) is 7.82. The van der Waals surface area contributed by atoms with E-state index in [2.05, 4.69) is 24.1 Å². The van der Waals surface area contributed by atoms with Crippen molar-refractivity contribution in [3.8, 4) is 0 Å². The first kappa shape index (κ1) is 17.1. The SMILES string of the molecule is CCN(C(C)=O)c1nc(CNC(COC)C(C)C)cs1. The molecule has 0 fully saturated rings. The second-order valence-electron chi connectivity index (χ2n) is 5.07. The lowest BCUT2D eigenvalue weighted by Crippen LogP contribution is -2.37. The van der Waals surface area contributed by atoms with Gasteiger partial charge in [0.1, 0.15) is 0 Å². The molecule has 1 heterocycles. The lowest BCUT2D eigenvalue weighted by molar-refractivity contribution is -0.116. The Morgan fingerprint density at radius 3 is 2.75 bits per heavy atom. The van der Waals surface area contributed by atoms with Gasteiger partial charge in [-0.3, -0.25) is 9.69 Å². The third-order valence-electron chi connectivity index (χ3n) is 3.16. The maximum atomic E-state index is 11.5. The van der Waals surface area contributed by atoms with Crippen molar-refractivity contribution in [2.75, 3.05) is 25.2 Å². The van der Waals surface area contributed by atoms with Crippen LogP contribution in [-0.2, 0) is 16.1 Å². The number of nitrogens with zero attached hydrogens (tertiary/aromatic N) is 2. The van der Waals surface area contributed by atoms with Crippen LogP contribution >= 0.6 is 11.3 Å². The van der Waals surface area contributed by atoms with Gasteiger partial charge in [0.25, 0.3) is 0 Å². The standard InChI is InChI=1S/C14H25N3O2S/c1-6-17(11(4)18)14-16-12(9-20-14)7-15-13(8-19-5)10(2)3/h9-10,13,15H,6-8H2,1-5H3. The molecule has 0 aromatic carbocycles. The van der Waals surface area contributed by atoms with Crippen LogP contribution in [0.3, 0.4) is 0 Å². The molecule has 1 unspecified atom stereocenters. The molecule has 114 valence electrons. The van der Waals surface area contributed by atoms with E-state index in [4.69, 9.17) is 4.74 Å². The van der Waals surface area contributed by atoms with E-state index >= 15 is 0 Å². The molecule has 1 rings (SSSR count). The number of ether oxygens (including phenoxy) is 1. The molecule has 0 spiro atoms. The van der Waals surface area contributed by atoms with Crippen molar-refractivity contribution in [3.63, 3.8) is 0 Å². The third-order valence-corrected chi connectivity index (χ3v) is 4.08. The molecular formula is C14H25N3O2S. The quantitative estimate of drug-likeness (QED) is 0.800. The first-order valence-electron chi connectivity index (χ1n) is 6.94. The maximum absolute atomic E-state index is 11.5. The number of anilines is 1. The first-order chi connectivity index (χ1) is 9.49. The van der Waals surface area contributed by atoms with Gasteiger partial charge in [0, 0.05) is 38.5 Å². The highest BCUT2D eigenvalue weighted by Crippen LogP contribution is 2.20. The van der Waals surface area contributed by atoms with Gasteiger partial charge in [0.2, 0.25) is 5.91 Å². The highest BCUT2D eigenvalue weighted by atomic mass is 32.1. The van der Waals surface area contributed by atoms with Crippen LogP contribution in [0.25, 0.3) is 0 Å². The van der Waals surface area contributed by atoms with E-state index in [-0.39, 0.29) is 5.91 Å². The Kier molecular flexibility index (Phi) is 7.12. The molecule has 5 nitrogen and oxygen atoms in total. The van der Waals surface area contributed by atoms with E-state index in [9.17, 15) is 4.79 Å². The van der Waals surface area contributed by atoms with Crippen molar-refractivity contribution in [2.45, 2.75) is 40.3 Å². The zero-order valence-corrected chi connectivity index (χ0v) is 13.8. The predicted octanol–water partition coefficient (Wildman–Crippen LogP) is 2.28. The van der Waals surface area contributed by atoms with Crippen LogP contribution in [0, 0.1) is 5.92 Å². The molecule has 6 heteroatoms. The van der Waals surface area contributed by atoms with Crippen LogP contribution in [0.5, 0.6) is 0 Å². The molecule has 1 atom stereocenters. The smallest absolute Gasteiger partial charge is 0.225 e. The molecule has 1 aromatic heterocycles. The molecule has 0 aliphatic carbocycles. The summed E-state index contributed by atoms with van der Waals surface area (Å²) < 4.78 is 5.21. The normalized spacial score (nSPS) is 12.7. The minimum absolute atomic E-state index is 0.0285. The summed E-state index contributed by atoms with van der Waals surface area (Å²) in [5, 5.41) is 6.22. The van der Waals surface area contributed by atoms with Crippen molar-refractivity contribution in [3.05, 3.63) is 11.1 Å². The number of methoxy groups -OCH3 is 1. The second kappa shape index (κ2) is 8.34. The summed E-state index contributed by atoms with van der Waals surface area (Å²) >= 11 is 1.51. The van der Waals surface area contributed by atoms with E-state index in [0.29, 0.717) is 31.7 Å². The fraction of sp³-hybridized carbons (Fsp3) is 0.714. The number of amides is 1. The number of carbonyl (C=O) groups excluding carboxylic acids is 1. The molecule has 0 saturated carbocycles. The molecule has 0 saturated heterocycles. The minimum Gasteiger partial charge on any atom is -0.383 e. The lowest BCUT2D eigenvalue weighted by Gasteiger charge is -2.21. The van der Waals surface area contributed by atoms with E-state index < -0.39 is 0 Å². The van der Waals surface area contributed by atoms with E-state index in [1.807, 2.05) is 12.3 Å². The van der Waals surface area contributed by atoms with Gasteiger partial charge in [-0.2, -0.15) is 0 Å². The van der Waals surface area contributed by atoms with Gasteiger partial charge in [0.15, 0.2) is 5.13 Å². The van der Waals surface area contributed by atoms with Crippen LogP contribution in [0.2, 0.25) is 0 Å². The molecule has 1 N–H and O–H groups in total. The lowest BCUT2D eigenvalue weighted by atomic mass is 10.1. The van der Waals surface area contributed by atoms with Gasteiger partial charge in [0.05, 0.1) is 12.3 Å². The van der Waals surface area contributed by atoms with Crippen LogP contribution in [0.1, 0.15) is 33.4 Å². The Morgan fingerprint density at radius 1 is 1.55 bits per heavy atom. The number of carbonyl (C=O) groups is 1. The van der Waals surface area contributed by atoms with E-state index in [1.54, 1.807) is 18.9 Å². The fourth-order valence-corrected chi connectivity index (χ4v) is 2.83. The van der Waals surface area contributed by atoms with Crippen molar-refractivity contribution >= 4 is 22.4 Å². The van der Waals surface area contributed by atoms with Crippen molar-refractivity contribution in [2.24, 2.45) is 5.92 Å². The molecular weight excluding hydrogens is 274 g/mol. The topological polar surface area (TPSA) is 54.5 Å². The average molecular weight is 299 g/mol. The van der Waals surface area contributed by atoms with Gasteiger partial charge in [-0.05, 0) is 12.8 Å². The molecule has 0 aliphatic rings. The number of thiazole rings is 1.